The molecule has 0 saturated heterocycles. The van der Waals surface area contributed by atoms with Crippen molar-refractivity contribution < 1.29 is 0 Å². The minimum Gasteiger partial charge on any atom is -0.310 e. The summed E-state index contributed by atoms with van der Waals surface area (Å²) in [4.78, 5) is 0. The van der Waals surface area contributed by atoms with Gasteiger partial charge in [0, 0.05) is 18.0 Å². The molecule has 3 fully saturated rings. The Morgan fingerprint density at radius 3 is 2.82 bits per heavy atom. The van der Waals surface area contributed by atoms with Crippen LogP contribution in [-0.4, -0.2) is 12.6 Å². The second kappa shape index (κ2) is 5.36. The molecule has 1 aliphatic heterocycles. The molecule has 1 nitrogen and oxygen atoms in total. The first kappa shape index (κ1) is 15.2. The van der Waals surface area contributed by atoms with Crippen LogP contribution < -0.4 is 5.32 Å². The monoisotopic (exact) mass is 301 g/mol. The van der Waals surface area contributed by atoms with Crippen molar-refractivity contribution in [2.75, 3.05) is 6.54 Å². The van der Waals surface area contributed by atoms with Gasteiger partial charge < -0.3 is 5.32 Å². The molecular formula is C21H35N. The van der Waals surface area contributed by atoms with E-state index in [9.17, 15) is 0 Å². The minimum absolute atomic E-state index is 0.436. The van der Waals surface area contributed by atoms with Crippen LogP contribution >= 0.6 is 0 Å². The molecule has 0 bridgehead atoms. The fourth-order valence-corrected chi connectivity index (χ4v) is 7.31. The van der Waals surface area contributed by atoms with Crippen molar-refractivity contribution >= 4 is 0 Å². The second-order valence-electron chi connectivity index (χ2n) is 9.47. The molecule has 7 atom stereocenters. The zero-order chi connectivity index (χ0) is 15.4. The standard InChI is InChI=1S/C21H35N/c1-4-6-15-13-18-16-7-8-19-21(3,10-5-12-22-19)17(16)9-11-20(18,2)14-15/h5,10,15-19,22H,4,6-9,11-14H2,1-3H3/t15?,16-,17-,18+,19?,20-,21-/m1/s1. The van der Waals surface area contributed by atoms with Crippen LogP contribution in [0.5, 0.6) is 0 Å². The first-order chi connectivity index (χ1) is 10.6. The average Bonchev–Trinajstić information content (AvgIpc) is 2.83. The van der Waals surface area contributed by atoms with E-state index in [1.807, 2.05) is 0 Å². The number of fused-ring (bicyclic) bond motifs is 5. The molecule has 0 radical (unpaired) electrons. The van der Waals surface area contributed by atoms with Gasteiger partial charge in [0.25, 0.3) is 0 Å². The number of nitrogens with one attached hydrogen (secondary N) is 1. The summed E-state index contributed by atoms with van der Waals surface area (Å²) in [7, 11) is 0. The normalized spacial score (nSPS) is 53.7. The molecule has 0 spiro atoms. The molecule has 0 aromatic rings. The Kier molecular flexibility index (Phi) is 3.72. The summed E-state index contributed by atoms with van der Waals surface area (Å²) in [6, 6.07) is 0.746. The summed E-state index contributed by atoms with van der Waals surface area (Å²) in [6.07, 6.45) is 16.8. The van der Waals surface area contributed by atoms with E-state index in [-0.39, 0.29) is 0 Å². The van der Waals surface area contributed by atoms with E-state index in [4.69, 9.17) is 0 Å². The van der Waals surface area contributed by atoms with Gasteiger partial charge in [0.2, 0.25) is 0 Å². The van der Waals surface area contributed by atoms with Crippen LogP contribution in [-0.2, 0) is 0 Å². The molecule has 0 aromatic carbocycles. The first-order valence-electron chi connectivity index (χ1n) is 9.98. The lowest BCUT2D eigenvalue weighted by molar-refractivity contribution is -0.0529. The van der Waals surface area contributed by atoms with Crippen LogP contribution in [0.2, 0.25) is 0 Å². The van der Waals surface area contributed by atoms with Crippen LogP contribution in [0.25, 0.3) is 0 Å². The van der Waals surface area contributed by atoms with Crippen molar-refractivity contribution in [3.63, 3.8) is 0 Å². The Bertz CT molecular complexity index is 455. The maximum Gasteiger partial charge on any atom is 0.0161 e. The van der Waals surface area contributed by atoms with Gasteiger partial charge in [0.1, 0.15) is 0 Å². The third kappa shape index (κ3) is 2.14. The lowest BCUT2D eigenvalue weighted by Crippen LogP contribution is -2.57. The zero-order valence-corrected chi connectivity index (χ0v) is 14.9. The molecule has 1 heteroatoms. The predicted molar refractivity (Wildman–Crippen MR) is 93.7 cm³/mol. The SMILES string of the molecule is CCCC1C[C@H]2[C@@H]3CCC4NCC=C[C@]4(C)[C@@H]3CC[C@]2(C)C1. The molecule has 4 aliphatic rings. The highest BCUT2D eigenvalue weighted by molar-refractivity contribution is 5.17. The smallest absolute Gasteiger partial charge is 0.0161 e. The summed E-state index contributed by atoms with van der Waals surface area (Å²) < 4.78 is 0. The maximum atomic E-state index is 3.81. The van der Waals surface area contributed by atoms with Crippen molar-refractivity contribution in [3.8, 4) is 0 Å². The fraction of sp³-hybridized carbons (Fsp3) is 0.905. The third-order valence-corrected chi connectivity index (χ3v) is 8.29. The van der Waals surface area contributed by atoms with Gasteiger partial charge in [0.05, 0.1) is 0 Å². The van der Waals surface area contributed by atoms with Crippen LogP contribution in [0.1, 0.15) is 72.1 Å². The number of hydrogen-bond donors (Lipinski definition) is 1. The van der Waals surface area contributed by atoms with Crippen LogP contribution in [0, 0.1) is 34.5 Å². The molecule has 3 saturated carbocycles. The molecule has 1 N–H and O–H groups in total. The van der Waals surface area contributed by atoms with Crippen molar-refractivity contribution in [1.29, 1.82) is 0 Å². The van der Waals surface area contributed by atoms with E-state index in [1.54, 1.807) is 6.42 Å². The average molecular weight is 302 g/mol. The lowest BCUT2D eigenvalue weighted by atomic mass is 9.49. The van der Waals surface area contributed by atoms with Crippen LogP contribution in [0.15, 0.2) is 12.2 Å². The van der Waals surface area contributed by atoms with Crippen molar-refractivity contribution in [2.24, 2.45) is 34.5 Å². The largest absolute Gasteiger partial charge is 0.310 e. The summed E-state index contributed by atoms with van der Waals surface area (Å²) in [6.45, 7) is 8.68. The highest BCUT2D eigenvalue weighted by Crippen LogP contribution is 2.64. The van der Waals surface area contributed by atoms with Gasteiger partial charge in [-0.25, -0.2) is 0 Å². The molecule has 2 unspecified atom stereocenters. The molecule has 3 aliphatic carbocycles. The van der Waals surface area contributed by atoms with Gasteiger partial charge in [-0.2, -0.15) is 0 Å². The topological polar surface area (TPSA) is 12.0 Å². The van der Waals surface area contributed by atoms with E-state index in [0.717, 1.165) is 36.3 Å². The molecule has 22 heavy (non-hydrogen) atoms. The summed E-state index contributed by atoms with van der Waals surface area (Å²) in [5, 5.41) is 3.81. The summed E-state index contributed by atoms with van der Waals surface area (Å²) in [5.74, 6) is 4.00. The van der Waals surface area contributed by atoms with Gasteiger partial charge in [-0.15, -0.1) is 0 Å². The second-order valence-corrected chi connectivity index (χ2v) is 9.47. The Hall–Kier alpha value is -0.300. The molecule has 0 amide bonds. The van der Waals surface area contributed by atoms with Crippen LogP contribution in [0.3, 0.4) is 0 Å². The Morgan fingerprint density at radius 1 is 1.14 bits per heavy atom. The van der Waals surface area contributed by atoms with E-state index in [1.165, 1.54) is 44.9 Å². The maximum absolute atomic E-state index is 3.81. The Balaban J connectivity index is 1.60. The summed E-state index contributed by atoms with van der Waals surface area (Å²) in [5.41, 5.74) is 1.11. The quantitative estimate of drug-likeness (QED) is 0.694. The van der Waals surface area contributed by atoms with Crippen molar-refractivity contribution in [1.82, 2.24) is 5.32 Å². The van der Waals surface area contributed by atoms with Gasteiger partial charge >= 0.3 is 0 Å². The van der Waals surface area contributed by atoms with Gasteiger partial charge in [0.15, 0.2) is 0 Å². The van der Waals surface area contributed by atoms with Gasteiger partial charge in [-0.1, -0.05) is 45.8 Å². The Labute approximate surface area is 137 Å². The van der Waals surface area contributed by atoms with Crippen LogP contribution in [0.4, 0.5) is 0 Å². The van der Waals surface area contributed by atoms with Gasteiger partial charge in [-0.05, 0) is 67.6 Å². The lowest BCUT2D eigenvalue weighted by Gasteiger charge is -2.58. The first-order valence-corrected chi connectivity index (χ1v) is 9.98. The van der Waals surface area contributed by atoms with E-state index >= 15 is 0 Å². The molecule has 4 rings (SSSR count). The number of hydrogen-bond acceptors (Lipinski definition) is 1. The fourth-order valence-electron chi connectivity index (χ4n) is 7.31. The van der Waals surface area contributed by atoms with Crippen molar-refractivity contribution in [3.05, 3.63) is 12.2 Å². The van der Waals surface area contributed by atoms with E-state index in [0.29, 0.717) is 10.8 Å². The molecular weight excluding hydrogens is 266 g/mol. The van der Waals surface area contributed by atoms with E-state index in [2.05, 4.69) is 38.2 Å². The van der Waals surface area contributed by atoms with E-state index < -0.39 is 0 Å². The predicted octanol–water partition coefficient (Wildman–Crippen LogP) is 5.17. The third-order valence-electron chi connectivity index (χ3n) is 8.29. The molecule has 124 valence electrons. The zero-order valence-electron chi connectivity index (χ0n) is 14.9. The highest BCUT2D eigenvalue weighted by Gasteiger charge is 2.57. The van der Waals surface area contributed by atoms with Crippen molar-refractivity contribution in [2.45, 2.75) is 78.2 Å². The molecule has 1 heterocycles. The minimum atomic E-state index is 0.436. The molecule has 0 aromatic heterocycles. The number of rotatable bonds is 2. The van der Waals surface area contributed by atoms with Gasteiger partial charge in [-0.3, -0.25) is 0 Å². The Morgan fingerprint density at radius 2 is 2.00 bits per heavy atom. The highest BCUT2D eigenvalue weighted by atomic mass is 14.9. The summed E-state index contributed by atoms with van der Waals surface area (Å²) >= 11 is 0.